The molecular weight excluding hydrogens is 172 g/mol. The lowest BCUT2D eigenvalue weighted by atomic mass is 10.3. The standard InChI is InChI=1S/C9H12ClN2/c1-6(2)11-9-8(10)5-4-7(3)12-9/h4-6H,3H2,1-2H3,(H,11,12). The minimum absolute atomic E-state index is 0.330. The minimum atomic E-state index is 0.330. The molecule has 0 unspecified atom stereocenters. The zero-order valence-corrected chi connectivity index (χ0v) is 8.02. The van der Waals surface area contributed by atoms with E-state index in [0.29, 0.717) is 16.9 Å². The molecule has 0 saturated heterocycles. The lowest BCUT2D eigenvalue weighted by Gasteiger charge is -2.10. The highest BCUT2D eigenvalue weighted by Crippen LogP contribution is 2.19. The summed E-state index contributed by atoms with van der Waals surface area (Å²) in [7, 11) is 0. The van der Waals surface area contributed by atoms with E-state index < -0.39 is 0 Å². The second-order valence-electron chi connectivity index (χ2n) is 2.93. The molecule has 1 heterocycles. The second kappa shape index (κ2) is 3.76. The van der Waals surface area contributed by atoms with Gasteiger partial charge in [-0.2, -0.15) is 0 Å². The first-order valence-electron chi connectivity index (χ1n) is 3.84. The van der Waals surface area contributed by atoms with Crippen LogP contribution in [0, 0.1) is 6.92 Å². The number of pyridine rings is 1. The molecule has 0 bridgehead atoms. The van der Waals surface area contributed by atoms with Gasteiger partial charge in [0.15, 0.2) is 0 Å². The average Bonchev–Trinajstić information content (AvgIpc) is 1.96. The van der Waals surface area contributed by atoms with E-state index in [1.165, 1.54) is 0 Å². The summed E-state index contributed by atoms with van der Waals surface area (Å²) in [5.74, 6) is 0.708. The van der Waals surface area contributed by atoms with Gasteiger partial charge in [-0.1, -0.05) is 11.6 Å². The van der Waals surface area contributed by atoms with E-state index >= 15 is 0 Å². The van der Waals surface area contributed by atoms with Gasteiger partial charge < -0.3 is 5.32 Å². The maximum absolute atomic E-state index is 5.89. The Kier molecular flexibility index (Phi) is 2.93. The molecule has 0 aliphatic heterocycles. The Bertz CT molecular complexity index is 271. The highest BCUT2D eigenvalue weighted by Gasteiger charge is 2.02. The Morgan fingerprint density at radius 3 is 2.75 bits per heavy atom. The van der Waals surface area contributed by atoms with Crippen LogP contribution in [-0.2, 0) is 0 Å². The minimum Gasteiger partial charge on any atom is -0.367 e. The Morgan fingerprint density at radius 2 is 2.17 bits per heavy atom. The van der Waals surface area contributed by atoms with E-state index in [-0.39, 0.29) is 0 Å². The average molecular weight is 184 g/mol. The number of aromatic nitrogens is 1. The molecule has 0 atom stereocenters. The smallest absolute Gasteiger partial charge is 0.145 e. The van der Waals surface area contributed by atoms with Crippen LogP contribution >= 0.6 is 11.6 Å². The van der Waals surface area contributed by atoms with E-state index in [1.54, 1.807) is 12.1 Å². The number of rotatable bonds is 2. The predicted molar refractivity (Wildman–Crippen MR) is 52.5 cm³/mol. The monoisotopic (exact) mass is 183 g/mol. The van der Waals surface area contributed by atoms with Gasteiger partial charge in [-0.25, -0.2) is 4.98 Å². The van der Waals surface area contributed by atoms with Crippen LogP contribution in [-0.4, -0.2) is 11.0 Å². The zero-order valence-electron chi connectivity index (χ0n) is 7.26. The molecule has 0 aliphatic rings. The van der Waals surface area contributed by atoms with Crippen molar-refractivity contribution in [3.63, 3.8) is 0 Å². The summed E-state index contributed by atoms with van der Waals surface area (Å²) < 4.78 is 0. The van der Waals surface area contributed by atoms with Crippen LogP contribution < -0.4 is 5.32 Å². The van der Waals surface area contributed by atoms with Crippen molar-refractivity contribution in [1.82, 2.24) is 4.98 Å². The summed E-state index contributed by atoms with van der Waals surface area (Å²) in [6, 6.07) is 3.91. The SMILES string of the molecule is [CH2]c1ccc(Cl)c(NC(C)C)n1. The summed E-state index contributed by atoms with van der Waals surface area (Å²) in [5.41, 5.74) is 0.725. The van der Waals surface area contributed by atoms with Crippen molar-refractivity contribution >= 4 is 17.4 Å². The van der Waals surface area contributed by atoms with Crippen LogP contribution in [0.2, 0.25) is 5.02 Å². The van der Waals surface area contributed by atoms with Crippen molar-refractivity contribution in [2.45, 2.75) is 19.9 Å². The normalized spacial score (nSPS) is 10.4. The Labute approximate surface area is 78.0 Å². The van der Waals surface area contributed by atoms with Gasteiger partial charge in [-0.05, 0) is 32.9 Å². The fourth-order valence-corrected chi connectivity index (χ4v) is 1.02. The third-order valence-electron chi connectivity index (χ3n) is 1.33. The summed E-state index contributed by atoms with van der Waals surface area (Å²) >= 11 is 5.89. The molecule has 65 valence electrons. The maximum atomic E-state index is 5.89. The molecule has 1 rings (SSSR count). The first kappa shape index (κ1) is 9.33. The first-order chi connectivity index (χ1) is 5.59. The van der Waals surface area contributed by atoms with Crippen LogP contribution in [0.25, 0.3) is 0 Å². The number of halogens is 1. The molecular formula is C9H12ClN2. The third-order valence-corrected chi connectivity index (χ3v) is 1.63. The van der Waals surface area contributed by atoms with E-state index in [0.717, 1.165) is 5.69 Å². The quantitative estimate of drug-likeness (QED) is 0.763. The van der Waals surface area contributed by atoms with Crippen LogP contribution in [0.3, 0.4) is 0 Å². The molecule has 1 radical (unpaired) electrons. The van der Waals surface area contributed by atoms with Gasteiger partial charge in [-0.3, -0.25) is 0 Å². The fraction of sp³-hybridized carbons (Fsp3) is 0.333. The fourth-order valence-electron chi connectivity index (χ4n) is 0.857. The van der Waals surface area contributed by atoms with E-state index in [2.05, 4.69) is 17.2 Å². The van der Waals surface area contributed by atoms with Gasteiger partial charge in [0.25, 0.3) is 0 Å². The molecule has 0 aromatic carbocycles. The van der Waals surface area contributed by atoms with Gasteiger partial charge in [0.2, 0.25) is 0 Å². The van der Waals surface area contributed by atoms with Gasteiger partial charge in [-0.15, -0.1) is 0 Å². The van der Waals surface area contributed by atoms with Gasteiger partial charge >= 0.3 is 0 Å². The Morgan fingerprint density at radius 1 is 1.50 bits per heavy atom. The second-order valence-corrected chi connectivity index (χ2v) is 3.34. The van der Waals surface area contributed by atoms with Crippen molar-refractivity contribution in [3.05, 3.63) is 29.8 Å². The van der Waals surface area contributed by atoms with Crippen molar-refractivity contribution in [1.29, 1.82) is 0 Å². The molecule has 2 nitrogen and oxygen atoms in total. The zero-order chi connectivity index (χ0) is 9.14. The van der Waals surface area contributed by atoms with Crippen LogP contribution in [0.1, 0.15) is 19.5 Å². The van der Waals surface area contributed by atoms with Gasteiger partial charge in [0, 0.05) is 11.7 Å². The predicted octanol–water partition coefficient (Wildman–Crippen LogP) is 2.74. The molecule has 1 aromatic rings. The molecule has 0 aliphatic carbocycles. The number of nitrogens with one attached hydrogen (secondary N) is 1. The van der Waals surface area contributed by atoms with Crippen molar-refractivity contribution < 1.29 is 0 Å². The molecule has 0 saturated carbocycles. The largest absolute Gasteiger partial charge is 0.367 e. The van der Waals surface area contributed by atoms with Crippen LogP contribution in [0.15, 0.2) is 12.1 Å². The summed E-state index contributed by atoms with van der Waals surface area (Å²) in [5, 5.41) is 3.77. The number of anilines is 1. The molecule has 1 aromatic heterocycles. The number of hydrogen-bond acceptors (Lipinski definition) is 2. The first-order valence-corrected chi connectivity index (χ1v) is 4.22. The lowest BCUT2D eigenvalue weighted by Crippen LogP contribution is -2.11. The molecule has 0 fully saturated rings. The van der Waals surface area contributed by atoms with Crippen LogP contribution in [0.5, 0.6) is 0 Å². The molecule has 0 amide bonds. The number of nitrogens with zero attached hydrogens (tertiary/aromatic N) is 1. The molecule has 0 spiro atoms. The van der Waals surface area contributed by atoms with E-state index in [1.807, 2.05) is 13.8 Å². The summed E-state index contributed by atoms with van der Waals surface area (Å²) in [6.07, 6.45) is 0. The molecule has 12 heavy (non-hydrogen) atoms. The van der Waals surface area contributed by atoms with E-state index in [4.69, 9.17) is 11.6 Å². The van der Waals surface area contributed by atoms with E-state index in [9.17, 15) is 0 Å². The highest BCUT2D eigenvalue weighted by atomic mass is 35.5. The lowest BCUT2D eigenvalue weighted by molar-refractivity contribution is 0.888. The van der Waals surface area contributed by atoms with Crippen molar-refractivity contribution in [3.8, 4) is 0 Å². The Balaban J connectivity index is 2.90. The summed E-state index contributed by atoms with van der Waals surface area (Å²) in [6.45, 7) is 7.79. The van der Waals surface area contributed by atoms with Crippen LogP contribution in [0.4, 0.5) is 5.82 Å². The van der Waals surface area contributed by atoms with Crippen molar-refractivity contribution in [2.75, 3.05) is 5.32 Å². The Hall–Kier alpha value is -0.760. The van der Waals surface area contributed by atoms with Gasteiger partial charge in [0.05, 0.1) is 5.02 Å². The summed E-state index contributed by atoms with van der Waals surface area (Å²) in [4.78, 5) is 4.16. The number of hydrogen-bond donors (Lipinski definition) is 1. The molecule has 3 heteroatoms. The molecule has 1 N–H and O–H groups in total. The topological polar surface area (TPSA) is 24.9 Å². The highest BCUT2D eigenvalue weighted by molar-refractivity contribution is 6.32. The van der Waals surface area contributed by atoms with Gasteiger partial charge in [0.1, 0.15) is 5.82 Å². The maximum Gasteiger partial charge on any atom is 0.145 e. The van der Waals surface area contributed by atoms with Crippen molar-refractivity contribution in [2.24, 2.45) is 0 Å². The third kappa shape index (κ3) is 2.38.